The molecule has 2 atom stereocenters. The van der Waals surface area contributed by atoms with Crippen LogP contribution in [-0.2, 0) is 17.1 Å². The molecule has 0 saturated heterocycles. The van der Waals surface area contributed by atoms with Gasteiger partial charge in [-0.15, -0.1) is 0 Å². The molecular weight excluding hydrogens is 302 g/mol. The molecule has 7 nitrogen and oxygen atoms in total. The van der Waals surface area contributed by atoms with Gasteiger partial charge in [0, 0.05) is 24.5 Å². The lowest BCUT2D eigenvalue weighted by molar-refractivity contribution is 0.0927. The lowest BCUT2D eigenvalue weighted by Gasteiger charge is -2.21. The van der Waals surface area contributed by atoms with E-state index in [2.05, 4.69) is 5.32 Å². The van der Waals surface area contributed by atoms with E-state index in [0.29, 0.717) is 0 Å². The summed E-state index contributed by atoms with van der Waals surface area (Å²) in [5, 5.41) is 16.8. The SMILES string of the molecule is CSC(CO)C(C)NC(=O)c1cc(S(N)(=O)=O)cn1C. The van der Waals surface area contributed by atoms with Gasteiger partial charge in [0.2, 0.25) is 10.0 Å². The summed E-state index contributed by atoms with van der Waals surface area (Å²) in [4.78, 5) is 12.0. The summed E-state index contributed by atoms with van der Waals surface area (Å²) in [5.74, 6) is -0.414. The summed E-state index contributed by atoms with van der Waals surface area (Å²) < 4.78 is 23.9. The molecular formula is C11H19N3O4S2. The Balaban J connectivity index is 2.91. The molecule has 0 aliphatic rings. The van der Waals surface area contributed by atoms with Crippen LogP contribution < -0.4 is 10.5 Å². The molecule has 1 heterocycles. The maximum atomic E-state index is 12.1. The quantitative estimate of drug-likeness (QED) is 0.654. The lowest BCUT2D eigenvalue weighted by Crippen LogP contribution is -2.41. The Morgan fingerprint density at radius 1 is 1.60 bits per heavy atom. The van der Waals surface area contributed by atoms with Gasteiger partial charge in [-0.1, -0.05) is 0 Å². The number of aliphatic hydroxyl groups is 1. The Hall–Kier alpha value is -1.03. The maximum absolute atomic E-state index is 12.1. The minimum absolute atomic E-state index is 0.0574. The molecule has 1 amide bonds. The highest BCUT2D eigenvalue weighted by Crippen LogP contribution is 2.14. The van der Waals surface area contributed by atoms with E-state index in [1.54, 1.807) is 14.0 Å². The van der Waals surface area contributed by atoms with Crippen LogP contribution >= 0.6 is 11.8 Å². The van der Waals surface area contributed by atoms with Crippen molar-refractivity contribution in [3.8, 4) is 0 Å². The number of sulfonamides is 1. The Labute approximate surface area is 122 Å². The minimum atomic E-state index is -3.84. The average molecular weight is 321 g/mol. The topological polar surface area (TPSA) is 114 Å². The van der Waals surface area contributed by atoms with Gasteiger partial charge in [-0.25, -0.2) is 13.6 Å². The third-order valence-electron chi connectivity index (χ3n) is 2.94. The number of hydrogen-bond donors (Lipinski definition) is 3. The number of hydrogen-bond acceptors (Lipinski definition) is 5. The van der Waals surface area contributed by atoms with Crippen molar-refractivity contribution in [2.75, 3.05) is 12.9 Å². The highest BCUT2D eigenvalue weighted by molar-refractivity contribution is 7.99. The highest BCUT2D eigenvalue weighted by atomic mass is 32.2. The molecule has 1 aromatic rings. The van der Waals surface area contributed by atoms with Crippen molar-refractivity contribution in [3.05, 3.63) is 18.0 Å². The second kappa shape index (κ2) is 6.61. The third kappa shape index (κ3) is 3.98. The number of amides is 1. The summed E-state index contributed by atoms with van der Waals surface area (Å²) in [6.07, 6.45) is 3.12. The monoisotopic (exact) mass is 321 g/mol. The number of nitrogens with zero attached hydrogens (tertiary/aromatic N) is 1. The standard InChI is InChI=1S/C11H19N3O4S2/c1-7(10(6-15)19-3)13-11(16)9-4-8(5-14(9)2)20(12,17)18/h4-5,7,10,15H,6H2,1-3H3,(H,13,16)(H2,12,17,18). The molecule has 9 heteroatoms. The fourth-order valence-corrected chi connectivity index (χ4v) is 2.93. The van der Waals surface area contributed by atoms with Crippen molar-refractivity contribution in [1.29, 1.82) is 0 Å². The molecule has 0 aliphatic heterocycles. The Morgan fingerprint density at radius 2 is 2.20 bits per heavy atom. The van der Waals surface area contributed by atoms with Crippen LogP contribution in [0.3, 0.4) is 0 Å². The first-order valence-corrected chi connectivity index (χ1v) is 8.67. The van der Waals surface area contributed by atoms with Gasteiger partial charge in [-0.2, -0.15) is 11.8 Å². The van der Waals surface area contributed by atoms with Crippen LogP contribution in [0.1, 0.15) is 17.4 Å². The molecule has 0 spiro atoms. The largest absolute Gasteiger partial charge is 0.395 e. The number of nitrogens with two attached hydrogens (primary N) is 1. The first kappa shape index (κ1) is 17.0. The van der Waals surface area contributed by atoms with Crippen LogP contribution in [0.5, 0.6) is 0 Å². The average Bonchev–Trinajstić information content (AvgIpc) is 2.72. The fraction of sp³-hybridized carbons (Fsp3) is 0.545. The van der Waals surface area contributed by atoms with Crippen LogP contribution in [-0.4, -0.2) is 48.2 Å². The zero-order chi connectivity index (χ0) is 15.5. The predicted octanol–water partition coefficient (Wildman–Crippen LogP) is -0.485. The van der Waals surface area contributed by atoms with Crippen LogP contribution in [0.2, 0.25) is 0 Å². The normalized spacial score (nSPS) is 14.8. The molecule has 0 saturated carbocycles. The van der Waals surface area contributed by atoms with Crippen LogP contribution in [0, 0.1) is 0 Å². The molecule has 4 N–H and O–H groups in total. The van der Waals surface area contributed by atoms with Crippen molar-refractivity contribution < 1.29 is 18.3 Å². The zero-order valence-corrected chi connectivity index (χ0v) is 13.2. The van der Waals surface area contributed by atoms with Gasteiger partial charge < -0.3 is 15.0 Å². The van der Waals surface area contributed by atoms with E-state index >= 15 is 0 Å². The number of primary sulfonamides is 1. The number of rotatable bonds is 6. The lowest BCUT2D eigenvalue weighted by atomic mass is 10.2. The van der Waals surface area contributed by atoms with Crippen molar-refractivity contribution >= 4 is 27.7 Å². The molecule has 0 fully saturated rings. The molecule has 0 aromatic carbocycles. The Bertz CT molecular complexity index is 578. The van der Waals surface area contributed by atoms with E-state index in [1.807, 2.05) is 6.26 Å². The van der Waals surface area contributed by atoms with Gasteiger partial charge in [0.05, 0.1) is 6.61 Å². The van der Waals surface area contributed by atoms with E-state index in [1.165, 1.54) is 28.6 Å². The fourth-order valence-electron chi connectivity index (χ4n) is 1.73. The Morgan fingerprint density at radius 3 is 2.60 bits per heavy atom. The number of aryl methyl sites for hydroxylation is 1. The molecule has 0 radical (unpaired) electrons. The molecule has 114 valence electrons. The van der Waals surface area contributed by atoms with Gasteiger partial charge in [-0.3, -0.25) is 4.79 Å². The third-order valence-corrected chi connectivity index (χ3v) is 4.98. The minimum Gasteiger partial charge on any atom is -0.395 e. The van der Waals surface area contributed by atoms with Crippen molar-refractivity contribution in [1.82, 2.24) is 9.88 Å². The molecule has 1 aromatic heterocycles. The highest BCUT2D eigenvalue weighted by Gasteiger charge is 2.21. The number of aromatic nitrogens is 1. The second-order valence-corrected chi connectivity index (χ2v) is 7.07. The van der Waals surface area contributed by atoms with Crippen LogP contribution in [0.15, 0.2) is 17.2 Å². The summed E-state index contributed by atoms with van der Waals surface area (Å²) in [6.45, 7) is 1.72. The summed E-state index contributed by atoms with van der Waals surface area (Å²) in [7, 11) is -2.28. The molecule has 1 rings (SSSR count). The summed E-state index contributed by atoms with van der Waals surface area (Å²) in [5.41, 5.74) is 0.193. The number of carbonyl (C=O) groups is 1. The van der Waals surface area contributed by atoms with Gasteiger partial charge in [-0.05, 0) is 19.2 Å². The van der Waals surface area contributed by atoms with E-state index in [4.69, 9.17) is 5.14 Å². The zero-order valence-electron chi connectivity index (χ0n) is 11.5. The number of carbonyl (C=O) groups excluding carboxylic acids is 1. The van der Waals surface area contributed by atoms with Crippen LogP contribution in [0.25, 0.3) is 0 Å². The number of thioether (sulfide) groups is 1. The van der Waals surface area contributed by atoms with E-state index < -0.39 is 15.9 Å². The van der Waals surface area contributed by atoms with Gasteiger partial charge >= 0.3 is 0 Å². The smallest absolute Gasteiger partial charge is 0.268 e. The second-order valence-electron chi connectivity index (χ2n) is 4.44. The maximum Gasteiger partial charge on any atom is 0.268 e. The van der Waals surface area contributed by atoms with Gasteiger partial charge in [0.1, 0.15) is 10.6 Å². The van der Waals surface area contributed by atoms with Crippen LogP contribution in [0.4, 0.5) is 0 Å². The number of aliphatic hydroxyl groups excluding tert-OH is 1. The molecule has 20 heavy (non-hydrogen) atoms. The van der Waals surface area contributed by atoms with Crippen molar-refractivity contribution in [2.45, 2.75) is 23.1 Å². The molecule has 2 unspecified atom stereocenters. The first-order valence-electron chi connectivity index (χ1n) is 5.84. The molecule has 0 bridgehead atoms. The van der Waals surface area contributed by atoms with E-state index in [9.17, 15) is 18.3 Å². The molecule has 0 aliphatic carbocycles. The van der Waals surface area contributed by atoms with Gasteiger partial charge in [0.25, 0.3) is 5.91 Å². The summed E-state index contributed by atoms with van der Waals surface area (Å²) in [6, 6.07) is 0.972. The Kier molecular flexibility index (Phi) is 5.63. The van der Waals surface area contributed by atoms with Crippen molar-refractivity contribution in [2.24, 2.45) is 12.2 Å². The van der Waals surface area contributed by atoms with E-state index in [-0.39, 0.29) is 28.5 Å². The van der Waals surface area contributed by atoms with Crippen molar-refractivity contribution in [3.63, 3.8) is 0 Å². The predicted molar refractivity (Wildman–Crippen MR) is 78.1 cm³/mol. The summed E-state index contributed by atoms with van der Waals surface area (Å²) >= 11 is 1.44. The number of nitrogens with one attached hydrogen (secondary N) is 1. The first-order chi connectivity index (χ1) is 9.20. The van der Waals surface area contributed by atoms with E-state index in [0.717, 1.165) is 0 Å². The van der Waals surface area contributed by atoms with Gasteiger partial charge in [0.15, 0.2) is 0 Å².